The Labute approximate surface area is 115 Å². The standard InChI is InChI=1S/C15H24N2O2/c1-18-12-6-7-13(15(10-12)19-2)14(11-16)17-8-4-3-5-9-17/h6-7,10,14H,3-5,8-9,11,16H2,1-2H3. The van der Waals surface area contributed by atoms with Gasteiger partial charge in [0.05, 0.1) is 20.3 Å². The van der Waals surface area contributed by atoms with Gasteiger partial charge in [0.25, 0.3) is 0 Å². The summed E-state index contributed by atoms with van der Waals surface area (Å²) in [5.74, 6) is 1.68. The summed E-state index contributed by atoms with van der Waals surface area (Å²) in [6.07, 6.45) is 3.84. The van der Waals surface area contributed by atoms with Gasteiger partial charge in [-0.15, -0.1) is 0 Å². The minimum Gasteiger partial charge on any atom is -0.497 e. The van der Waals surface area contributed by atoms with Crippen LogP contribution in [0.15, 0.2) is 18.2 Å². The predicted molar refractivity (Wildman–Crippen MR) is 76.8 cm³/mol. The minimum atomic E-state index is 0.237. The molecule has 0 spiro atoms. The number of hydrogen-bond donors (Lipinski definition) is 1. The van der Waals surface area contributed by atoms with Crippen LogP contribution in [0, 0.1) is 0 Å². The summed E-state index contributed by atoms with van der Waals surface area (Å²) in [6.45, 7) is 2.86. The predicted octanol–water partition coefficient (Wildman–Crippen LogP) is 2.19. The van der Waals surface area contributed by atoms with Crippen LogP contribution in [-0.2, 0) is 0 Å². The number of methoxy groups -OCH3 is 2. The van der Waals surface area contributed by atoms with E-state index in [0.717, 1.165) is 30.2 Å². The highest BCUT2D eigenvalue weighted by Crippen LogP contribution is 2.33. The highest BCUT2D eigenvalue weighted by atomic mass is 16.5. The van der Waals surface area contributed by atoms with Gasteiger partial charge in [0, 0.05) is 18.2 Å². The zero-order chi connectivity index (χ0) is 13.7. The van der Waals surface area contributed by atoms with E-state index in [1.54, 1.807) is 14.2 Å². The lowest BCUT2D eigenvalue weighted by Gasteiger charge is -2.34. The van der Waals surface area contributed by atoms with Crippen molar-refractivity contribution in [2.75, 3.05) is 33.9 Å². The van der Waals surface area contributed by atoms with E-state index in [0.29, 0.717) is 6.54 Å². The molecule has 106 valence electrons. The van der Waals surface area contributed by atoms with E-state index in [4.69, 9.17) is 15.2 Å². The van der Waals surface area contributed by atoms with Crippen molar-refractivity contribution in [3.8, 4) is 11.5 Å². The zero-order valence-corrected chi connectivity index (χ0v) is 11.9. The molecule has 1 fully saturated rings. The van der Waals surface area contributed by atoms with Crippen LogP contribution < -0.4 is 15.2 Å². The number of likely N-dealkylation sites (tertiary alicyclic amines) is 1. The van der Waals surface area contributed by atoms with Crippen LogP contribution in [0.4, 0.5) is 0 Å². The molecular formula is C15H24N2O2. The molecule has 4 heteroatoms. The Balaban J connectivity index is 2.26. The van der Waals surface area contributed by atoms with Crippen molar-refractivity contribution < 1.29 is 9.47 Å². The normalized spacial score (nSPS) is 18.1. The Morgan fingerprint density at radius 2 is 1.89 bits per heavy atom. The van der Waals surface area contributed by atoms with Crippen LogP contribution in [-0.4, -0.2) is 38.8 Å². The molecule has 19 heavy (non-hydrogen) atoms. The molecule has 1 atom stereocenters. The SMILES string of the molecule is COc1ccc(C(CN)N2CCCCC2)c(OC)c1. The number of piperidine rings is 1. The van der Waals surface area contributed by atoms with E-state index in [9.17, 15) is 0 Å². The second kappa shape index (κ2) is 6.78. The van der Waals surface area contributed by atoms with Crippen molar-refractivity contribution >= 4 is 0 Å². The maximum atomic E-state index is 6.00. The van der Waals surface area contributed by atoms with Crippen molar-refractivity contribution in [1.82, 2.24) is 4.90 Å². The quantitative estimate of drug-likeness (QED) is 0.885. The lowest BCUT2D eigenvalue weighted by molar-refractivity contribution is 0.165. The molecule has 0 radical (unpaired) electrons. The summed E-state index contributed by atoms with van der Waals surface area (Å²) in [5.41, 5.74) is 7.16. The topological polar surface area (TPSA) is 47.7 Å². The molecule has 2 N–H and O–H groups in total. The molecule has 1 saturated heterocycles. The number of nitrogens with zero attached hydrogens (tertiary/aromatic N) is 1. The molecule has 1 aromatic rings. The highest BCUT2D eigenvalue weighted by molar-refractivity contribution is 5.42. The maximum Gasteiger partial charge on any atom is 0.127 e. The monoisotopic (exact) mass is 264 g/mol. The first-order valence-corrected chi connectivity index (χ1v) is 6.96. The molecule has 1 aliphatic heterocycles. The Hall–Kier alpha value is -1.26. The van der Waals surface area contributed by atoms with Gasteiger partial charge in [-0.25, -0.2) is 0 Å². The highest BCUT2D eigenvalue weighted by Gasteiger charge is 2.23. The summed E-state index contributed by atoms with van der Waals surface area (Å²) in [7, 11) is 3.36. The van der Waals surface area contributed by atoms with Gasteiger partial charge in [-0.2, -0.15) is 0 Å². The smallest absolute Gasteiger partial charge is 0.127 e. The number of hydrogen-bond acceptors (Lipinski definition) is 4. The van der Waals surface area contributed by atoms with Gasteiger partial charge in [-0.1, -0.05) is 12.5 Å². The molecule has 0 aliphatic carbocycles. The van der Waals surface area contributed by atoms with Gasteiger partial charge in [0.2, 0.25) is 0 Å². The minimum absolute atomic E-state index is 0.237. The largest absolute Gasteiger partial charge is 0.497 e. The van der Waals surface area contributed by atoms with Gasteiger partial charge in [0.15, 0.2) is 0 Å². The third-order valence-corrected chi connectivity index (χ3v) is 3.85. The summed E-state index contributed by atoms with van der Waals surface area (Å²) in [5, 5.41) is 0. The molecule has 4 nitrogen and oxygen atoms in total. The van der Waals surface area contributed by atoms with E-state index in [1.165, 1.54) is 19.3 Å². The first kappa shape index (κ1) is 14.2. The maximum absolute atomic E-state index is 6.00. The van der Waals surface area contributed by atoms with Crippen LogP contribution in [0.25, 0.3) is 0 Å². The molecular weight excluding hydrogens is 240 g/mol. The van der Waals surface area contributed by atoms with E-state index in [1.807, 2.05) is 12.1 Å². The third-order valence-electron chi connectivity index (χ3n) is 3.85. The lowest BCUT2D eigenvalue weighted by atomic mass is 10.0. The van der Waals surface area contributed by atoms with Crippen LogP contribution in [0.5, 0.6) is 11.5 Å². The molecule has 1 aromatic carbocycles. The van der Waals surface area contributed by atoms with Gasteiger partial charge in [-0.05, 0) is 32.0 Å². The summed E-state index contributed by atoms with van der Waals surface area (Å²) >= 11 is 0. The fraction of sp³-hybridized carbons (Fsp3) is 0.600. The Kier molecular flexibility index (Phi) is 5.05. The lowest BCUT2D eigenvalue weighted by Crippen LogP contribution is -2.37. The number of rotatable bonds is 5. The molecule has 1 unspecified atom stereocenters. The van der Waals surface area contributed by atoms with E-state index in [2.05, 4.69) is 11.0 Å². The second-order valence-electron chi connectivity index (χ2n) is 4.96. The fourth-order valence-electron chi connectivity index (χ4n) is 2.80. The number of ether oxygens (including phenoxy) is 2. The third kappa shape index (κ3) is 3.19. The van der Waals surface area contributed by atoms with Crippen molar-refractivity contribution in [1.29, 1.82) is 0 Å². The van der Waals surface area contributed by atoms with Crippen molar-refractivity contribution in [2.45, 2.75) is 25.3 Å². The van der Waals surface area contributed by atoms with E-state index in [-0.39, 0.29) is 6.04 Å². The molecule has 2 rings (SSSR count). The van der Waals surface area contributed by atoms with Crippen LogP contribution in [0.3, 0.4) is 0 Å². The van der Waals surface area contributed by atoms with Gasteiger partial charge >= 0.3 is 0 Å². The summed E-state index contributed by atoms with van der Waals surface area (Å²) < 4.78 is 10.7. The Morgan fingerprint density at radius 3 is 2.47 bits per heavy atom. The van der Waals surface area contributed by atoms with E-state index >= 15 is 0 Å². The molecule has 1 aliphatic rings. The fourth-order valence-corrected chi connectivity index (χ4v) is 2.80. The van der Waals surface area contributed by atoms with Gasteiger partial charge in [0.1, 0.15) is 11.5 Å². The Morgan fingerprint density at radius 1 is 1.16 bits per heavy atom. The number of benzene rings is 1. The molecule has 0 saturated carbocycles. The van der Waals surface area contributed by atoms with Gasteiger partial charge < -0.3 is 15.2 Å². The average molecular weight is 264 g/mol. The van der Waals surface area contributed by atoms with Crippen LogP contribution in [0.2, 0.25) is 0 Å². The molecule has 0 bridgehead atoms. The van der Waals surface area contributed by atoms with Gasteiger partial charge in [-0.3, -0.25) is 4.90 Å². The zero-order valence-electron chi connectivity index (χ0n) is 11.9. The second-order valence-corrected chi connectivity index (χ2v) is 4.96. The summed E-state index contributed by atoms with van der Waals surface area (Å²) in [6, 6.07) is 6.22. The van der Waals surface area contributed by atoms with Crippen molar-refractivity contribution in [2.24, 2.45) is 5.73 Å². The first-order valence-electron chi connectivity index (χ1n) is 6.96. The molecule has 0 aromatic heterocycles. The van der Waals surface area contributed by atoms with Crippen LogP contribution >= 0.6 is 0 Å². The molecule has 1 heterocycles. The van der Waals surface area contributed by atoms with Crippen molar-refractivity contribution in [3.05, 3.63) is 23.8 Å². The first-order chi connectivity index (χ1) is 9.30. The molecule has 0 amide bonds. The number of nitrogens with two attached hydrogens (primary N) is 1. The average Bonchev–Trinajstić information content (AvgIpc) is 2.49. The van der Waals surface area contributed by atoms with E-state index < -0.39 is 0 Å². The summed E-state index contributed by atoms with van der Waals surface area (Å²) in [4.78, 5) is 2.47. The van der Waals surface area contributed by atoms with Crippen molar-refractivity contribution in [3.63, 3.8) is 0 Å². The Bertz CT molecular complexity index is 403. The van der Waals surface area contributed by atoms with Crippen LogP contribution in [0.1, 0.15) is 30.9 Å².